The molecule has 1 aliphatic carbocycles. The first-order chi connectivity index (χ1) is 10.1. The van der Waals surface area contributed by atoms with Crippen molar-refractivity contribution in [3.63, 3.8) is 0 Å². The maximum absolute atomic E-state index is 12.5. The van der Waals surface area contributed by atoms with Crippen molar-refractivity contribution >= 4 is 5.97 Å². The van der Waals surface area contributed by atoms with Crippen LogP contribution in [0.5, 0.6) is 0 Å². The lowest BCUT2D eigenvalue weighted by Crippen LogP contribution is -2.56. The maximum Gasteiger partial charge on any atom is 0.326 e. The van der Waals surface area contributed by atoms with E-state index in [1.165, 1.54) is 0 Å². The molecule has 1 N–H and O–H groups in total. The van der Waals surface area contributed by atoms with Crippen LogP contribution in [-0.4, -0.2) is 34.2 Å². The number of esters is 1. The molecule has 2 atom stereocenters. The molecule has 0 spiro atoms. The molecule has 118 valence electrons. The first-order valence-electron chi connectivity index (χ1n) is 8.04. The third-order valence-corrected chi connectivity index (χ3v) is 4.36. The highest BCUT2D eigenvalue weighted by Gasteiger charge is 2.44. The summed E-state index contributed by atoms with van der Waals surface area (Å²) in [7, 11) is 0. The molecule has 0 saturated heterocycles. The summed E-state index contributed by atoms with van der Waals surface area (Å²) in [5.74, 6) is 0.913. The van der Waals surface area contributed by atoms with Gasteiger partial charge in [0, 0.05) is 18.4 Å². The SMILES string of the molecule is CCCNC1(C(=O)OCC)CCCC(n2ccnc2C)C1. The fraction of sp³-hybridized carbons (Fsp3) is 0.750. The largest absolute Gasteiger partial charge is 0.465 e. The van der Waals surface area contributed by atoms with Crippen LogP contribution in [0.2, 0.25) is 0 Å². The van der Waals surface area contributed by atoms with Gasteiger partial charge in [-0.15, -0.1) is 0 Å². The second kappa shape index (κ2) is 7.07. The van der Waals surface area contributed by atoms with E-state index in [4.69, 9.17) is 4.74 Å². The minimum atomic E-state index is -0.536. The number of hydrogen-bond acceptors (Lipinski definition) is 4. The summed E-state index contributed by atoms with van der Waals surface area (Å²) in [6, 6.07) is 0.315. The quantitative estimate of drug-likeness (QED) is 0.819. The van der Waals surface area contributed by atoms with Gasteiger partial charge in [0.2, 0.25) is 0 Å². The average Bonchev–Trinajstić information content (AvgIpc) is 2.92. The zero-order valence-corrected chi connectivity index (χ0v) is 13.4. The van der Waals surface area contributed by atoms with Crippen LogP contribution in [0.1, 0.15) is 57.8 Å². The van der Waals surface area contributed by atoms with Gasteiger partial charge >= 0.3 is 5.97 Å². The lowest BCUT2D eigenvalue weighted by Gasteiger charge is -2.40. The second-order valence-corrected chi connectivity index (χ2v) is 5.86. The monoisotopic (exact) mass is 293 g/mol. The van der Waals surface area contributed by atoms with E-state index in [0.29, 0.717) is 12.6 Å². The number of nitrogens with one attached hydrogen (secondary N) is 1. The van der Waals surface area contributed by atoms with Crippen molar-refractivity contribution in [3.8, 4) is 0 Å². The number of carbonyl (C=O) groups is 1. The van der Waals surface area contributed by atoms with Gasteiger partial charge in [-0.3, -0.25) is 4.79 Å². The summed E-state index contributed by atoms with van der Waals surface area (Å²) in [6.45, 7) is 7.27. The molecule has 1 aromatic heterocycles. The number of aromatic nitrogens is 2. The van der Waals surface area contributed by atoms with Crippen molar-refractivity contribution < 1.29 is 9.53 Å². The molecule has 2 unspecified atom stereocenters. The van der Waals surface area contributed by atoms with Crippen LogP contribution in [0.25, 0.3) is 0 Å². The van der Waals surface area contributed by atoms with Crippen LogP contribution in [-0.2, 0) is 9.53 Å². The van der Waals surface area contributed by atoms with Gasteiger partial charge in [0.25, 0.3) is 0 Å². The van der Waals surface area contributed by atoms with Crippen LogP contribution in [0, 0.1) is 6.92 Å². The maximum atomic E-state index is 12.5. The molecule has 2 rings (SSSR count). The van der Waals surface area contributed by atoms with Crippen LogP contribution >= 0.6 is 0 Å². The number of ether oxygens (including phenoxy) is 1. The van der Waals surface area contributed by atoms with E-state index in [2.05, 4.69) is 21.8 Å². The Morgan fingerprint density at radius 1 is 1.57 bits per heavy atom. The van der Waals surface area contributed by atoms with Crippen LogP contribution < -0.4 is 5.32 Å². The molecule has 1 fully saturated rings. The highest BCUT2D eigenvalue weighted by atomic mass is 16.5. The third-order valence-electron chi connectivity index (χ3n) is 4.36. The summed E-state index contributed by atoms with van der Waals surface area (Å²) in [6.07, 6.45) is 8.61. The van der Waals surface area contributed by atoms with Gasteiger partial charge in [-0.1, -0.05) is 6.92 Å². The first kappa shape index (κ1) is 16.0. The zero-order valence-electron chi connectivity index (χ0n) is 13.4. The van der Waals surface area contributed by atoms with Crippen molar-refractivity contribution in [3.05, 3.63) is 18.2 Å². The fourth-order valence-corrected chi connectivity index (χ4v) is 3.31. The number of carbonyl (C=O) groups excluding carboxylic acids is 1. The van der Waals surface area contributed by atoms with Gasteiger partial charge in [0.05, 0.1) is 6.61 Å². The molecule has 5 heteroatoms. The van der Waals surface area contributed by atoms with Crippen molar-refractivity contribution in [2.75, 3.05) is 13.2 Å². The Labute approximate surface area is 127 Å². The molecule has 1 aliphatic rings. The van der Waals surface area contributed by atoms with Crippen LogP contribution in [0.4, 0.5) is 0 Å². The van der Waals surface area contributed by atoms with E-state index in [1.807, 2.05) is 26.2 Å². The van der Waals surface area contributed by atoms with Crippen molar-refractivity contribution in [1.29, 1.82) is 0 Å². The molecule has 21 heavy (non-hydrogen) atoms. The Morgan fingerprint density at radius 2 is 2.38 bits per heavy atom. The van der Waals surface area contributed by atoms with E-state index in [0.717, 1.165) is 44.5 Å². The summed E-state index contributed by atoms with van der Waals surface area (Å²) >= 11 is 0. The lowest BCUT2D eigenvalue weighted by atomic mass is 9.78. The summed E-state index contributed by atoms with van der Waals surface area (Å²) in [5.41, 5.74) is -0.536. The lowest BCUT2D eigenvalue weighted by molar-refractivity contribution is -0.153. The Bertz CT molecular complexity index is 472. The summed E-state index contributed by atoms with van der Waals surface area (Å²) in [5, 5.41) is 3.47. The van der Waals surface area contributed by atoms with E-state index in [1.54, 1.807) is 0 Å². The van der Waals surface area contributed by atoms with Crippen LogP contribution in [0.15, 0.2) is 12.4 Å². The molecule has 1 saturated carbocycles. The minimum Gasteiger partial charge on any atom is -0.465 e. The standard InChI is InChI=1S/C16H27N3O2/c1-4-9-18-16(15(20)21-5-2)8-6-7-14(12-16)19-11-10-17-13(19)3/h10-11,14,18H,4-9,12H2,1-3H3. The Balaban J connectivity index is 2.19. The summed E-state index contributed by atoms with van der Waals surface area (Å²) < 4.78 is 7.55. The molecule has 5 nitrogen and oxygen atoms in total. The highest BCUT2D eigenvalue weighted by molar-refractivity contribution is 5.81. The van der Waals surface area contributed by atoms with Crippen molar-refractivity contribution in [1.82, 2.24) is 14.9 Å². The molecule has 0 amide bonds. The number of aryl methyl sites for hydroxylation is 1. The van der Waals surface area contributed by atoms with E-state index in [-0.39, 0.29) is 5.97 Å². The van der Waals surface area contributed by atoms with Crippen molar-refractivity contribution in [2.24, 2.45) is 0 Å². The Kier molecular flexibility index (Phi) is 5.39. The Morgan fingerprint density at radius 3 is 3.00 bits per heavy atom. The molecule has 1 aromatic rings. The summed E-state index contributed by atoms with van der Waals surface area (Å²) in [4.78, 5) is 16.8. The smallest absolute Gasteiger partial charge is 0.326 e. The zero-order chi connectivity index (χ0) is 15.3. The van der Waals surface area contributed by atoms with Gasteiger partial charge in [-0.25, -0.2) is 4.98 Å². The minimum absolute atomic E-state index is 0.0964. The average molecular weight is 293 g/mol. The first-order valence-corrected chi connectivity index (χ1v) is 8.04. The number of hydrogen-bond donors (Lipinski definition) is 1. The molecular formula is C16H27N3O2. The van der Waals surface area contributed by atoms with E-state index in [9.17, 15) is 4.79 Å². The molecule has 0 aliphatic heterocycles. The normalized spacial score (nSPS) is 25.8. The highest BCUT2D eigenvalue weighted by Crippen LogP contribution is 2.37. The predicted octanol–water partition coefficient (Wildman–Crippen LogP) is 2.61. The molecule has 0 radical (unpaired) electrons. The van der Waals surface area contributed by atoms with Gasteiger partial charge in [0.15, 0.2) is 0 Å². The predicted molar refractivity (Wildman–Crippen MR) is 82.1 cm³/mol. The number of imidazole rings is 1. The Hall–Kier alpha value is -1.36. The second-order valence-electron chi connectivity index (χ2n) is 5.86. The molecule has 0 aromatic carbocycles. The van der Waals surface area contributed by atoms with Crippen molar-refractivity contribution in [2.45, 2.75) is 64.5 Å². The van der Waals surface area contributed by atoms with Crippen LogP contribution in [0.3, 0.4) is 0 Å². The van der Waals surface area contributed by atoms with Gasteiger partial charge in [-0.2, -0.15) is 0 Å². The number of nitrogens with zero attached hydrogens (tertiary/aromatic N) is 2. The molecule has 1 heterocycles. The molecular weight excluding hydrogens is 266 g/mol. The van der Waals surface area contributed by atoms with Gasteiger partial charge in [-0.05, 0) is 52.5 Å². The van der Waals surface area contributed by atoms with E-state index >= 15 is 0 Å². The molecule has 0 bridgehead atoms. The van der Waals surface area contributed by atoms with Gasteiger partial charge < -0.3 is 14.6 Å². The van der Waals surface area contributed by atoms with E-state index < -0.39 is 5.54 Å². The topological polar surface area (TPSA) is 56.1 Å². The third kappa shape index (κ3) is 3.46. The fourth-order valence-electron chi connectivity index (χ4n) is 3.31. The van der Waals surface area contributed by atoms with Gasteiger partial charge in [0.1, 0.15) is 11.4 Å². The number of rotatable bonds is 6.